The van der Waals surface area contributed by atoms with Crippen LogP contribution in [-0.4, -0.2) is 43.6 Å². The number of hydrogen-bond donors (Lipinski definition) is 1. The third kappa shape index (κ3) is 3.14. The van der Waals surface area contributed by atoms with E-state index in [0.717, 1.165) is 37.6 Å². The molecular weight excluding hydrogens is 404 g/mol. The molecule has 26 heavy (non-hydrogen) atoms. The van der Waals surface area contributed by atoms with E-state index in [0.29, 0.717) is 16.6 Å². The molecule has 1 aliphatic rings. The minimum atomic E-state index is -1.83. The molecule has 1 N–H and O–H groups in total. The third-order valence-electron chi connectivity index (χ3n) is 6.22. The molecule has 0 spiro atoms. The third-order valence-corrected chi connectivity index (χ3v) is 13.6. The van der Waals surface area contributed by atoms with Gasteiger partial charge < -0.3 is 14.4 Å². The van der Waals surface area contributed by atoms with Crippen LogP contribution in [-0.2, 0) is 0 Å². The Bertz CT molecular complexity index is 741. The van der Waals surface area contributed by atoms with Gasteiger partial charge in [0.1, 0.15) is 11.5 Å². The standard InChI is InChI=1S/C20H33BrN4Si/c1-14(2)26(15(3)4,16(5)6)25-13-18(21)17-7-8-19(23-20(17)25)24-11-9-22-10-12-24/h7-8,13-16,22H,9-12H2,1-6H3. The van der Waals surface area contributed by atoms with E-state index in [9.17, 15) is 0 Å². The molecule has 3 heterocycles. The molecule has 1 saturated heterocycles. The highest BCUT2D eigenvalue weighted by molar-refractivity contribution is 9.10. The molecule has 0 atom stereocenters. The SMILES string of the molecule is CC(C)[Si](C(C)C)(C(C)C)n1cc(Br)c2ccc(N3CCNCC3)nc21. The van der Waals surface area contributed by atoms with Gasteiger partial charge in [0, 0.05) is 42.2 Å². The van der Waals surface area contributed by atoms with Crippen LogP contribution in [0.1, 0.15) is 41.5 Å². The second-order valence-electron chi connectivity index (χ2n) is 8.48. The van der Waals surface area contributed by atoms with Gasteiger partial charge in [0.25, 0.3) is 0 Å². The predicted molar refractivity (Wildman–Crippen MR) is 119 cm³/mol. The Morgan fingerprint density at radius 3 is 2.12 bits per heavy atom. The van der Waals surface area contributed by atoms with Gasteiger partial charge in [0.2, 0.25) is 0 Å². The van der Waals surface area contributed by atoms with Crippen molar-refractivity contribution in [1.82, 2.24) is 14.5 Å². The zero-order chi connectivity index (χ0) is 19.1. The summed E-state index contributed by atoms with van der Waals surface area (Å²) in [5, 5.41) is 4.67. The molecule has 1 aliphatic heterocycles. The van der Waals surface area contributed by atoms with E-state index < -0.39 is 8.24 Å². The number of nitrogens with zero attached hydrogens (tertiary/aromatic N) is 3. The Morgan fingerprint density at radius 2 is 1.58 bits per heavy atom. The summed E-state index contributed by atoms with van der Waals surface area (Å²) >= 11 is 3.82. The summed E-state index contributed by atoms with van der Waals surface area (Å²) in [6, 6.07) is 4.44. The highest BCUT2D eigenvalue weighted by atomic mass is 79.9. The second kappa shape index (κ2) is 7.64. The maximum Gasteiger partial charge on any atom is 0.171 e. The van der Waals surface area contributed by atoms with Crippen molar-refractivity contribution in [3.63, 3.8) is 0 Å². The molecule has 0 saturated carbocycles. The van der Waals surface area contributed by atoms with Gasteiger partial charge in [-0.3, -0.25) is 0 Å². The average molecular weight is 438 g/mol. The fraction of sp³-hybridized carbons (Fsp3) is 0.650. The van der Waals surface area contributed by atoms with Crippen LogP contribution < -0.4 is 10.2 Å². The highest BCUT2D eigenvalue weighted by Gasteiger charge is 2.46. The van der Waals surface area contributed by atoms with E-state index in [-0.39, 0.29) is 0 Å². The number of halogens is 1. The van der Waals surface area contributed by atoms with Crippen LogP contribution in [0.25, 0.3) is 11.0 Å². The highest BCUT2D eigenvalue weighted by Crippen LogP contribution is 2.45. The number of anilines is 1. The van der Waals surface area contributed by atoms with Crippen molar-refractivity contribution >= 4 is 41.0 Å². The summed E-state index contributed by atoms with van der Waals surface area (Å²) in [5.41, 5.74) is 3.11. The largest absolute Gasteiger partial charge is 0.357 e. The molecule has 4 nitrogen and oxygen atoms in total. The minimum Gasteiger partial charge on any atom is -0.357 e. The Hall–Kier alpha value is -0.853. The average Bonchev–Trinajstić information content (AvgIpc) is 2.92. The molecule has 2 aromatic heterocycles. The van der Waals surface area contributed by atoms with E-state index in [2.05, 4.69) is 90.3 Å². The van der Waals surface area contributed by atoms with Crippen molar-refractivity contribution in [1.29, 1.82) is 0 Å². The monoisotopic (exact) mass is 436 g/mol. The van der Waals surface area contributed by atoms with Crippen molar-refractivity contribution in [3.05, 3.63) is 22.8 Å². The van der Waals surface area contributed by atoms with Crippen LogP contribution in [0.5, 0.6) is 0 Å². The maximum atomic E-state index is 5.20. The van der Waals surface area contributed by atoms with Crippen LogP contribution in [0.4, 0.5) is 5.82 Å². The van der Waals surface area contributed by atoms with Gasteiger partial charge in [0.15, 0.2) is 8.24 Å². The van der Waals surface area contributed by atoms with Gasteiger partial charge in [-0.15, -0.1) is 0 Å². The maximum absolute atomic E-state index is 5.20. The molecule has 2 aromatic rings. The van der Waals surface area contributed by atoms with Gasteiger partial charge in [-0.2, -0.15) is 0 Å². The molecular formula is C20H33BrN4Si. The fourth-order valence-corrected chi connectivity index (χ4v) is 12.5. The van der Waals surface area contributed by atoms with Crippen molar-refractivity contribution < 1.29 is 0 Å². The topological polar surface area (TPSA) is 33.1 Å². The Kier molecular flexibility index (Phi) is 5.85. The Balaban J connectivity index is 2.21. The summed E-state index contributed by atoms with van der Waals surface area (Å²) in [6.45, 7) is 18.6. The van der Waals surface area contributed by atoms with Crippen LogP contribution in [0.2, 0.25) is 16.6 Å². The zero-order valence-corrected chi connectivity index (χ0v) is 19.6. The van der Waals surface area contributed by atoms with Crippen LogP contribution in [0, 0.1) is 0 Å². The Morgan fingerprint density at radius 1 is 1.00 bits per heavy atom. The molecule has 0 radical (unpaired) electrons. The molecule has 6 heteroatoms. The number of nitrogens with one attached hydrogen (secondary N) is 1. The lowest BCUT2D eigenvalue weighted by Gasteiger charge is -2.44. The number of pyridine rings is 1. The van der Waals surface area contributed by atoms with E-state index in [1.54, 1.807) is 0 Å². The van der Waals surface area contributed by atoms with Crippen molar-refractivity contribution in [2.75, 3.05) is 31.1 Å². The summed E-state index contributed by atoms with van der Waals surface area (Å²) in [5.74, 6) is 1.12. The number of aromatic nitrogens is 2. The van der Waals surface area contributed by atoms with Crippen LogP contribution in [0.15, 0.2) is 22.8 Å². The molecule has 0 amide bonds. The van der Waals surface area contributed by atoms with E-state index in [1.165, 1.54) is 9.86 Å². The molecule has 0 aromatic carbocycles. The van der Waals surface area contributed by atoms with Gasteiger partial charge in [-0.05, 0) is 44.7 Å². The van der Waals surface area contributed by atoms with Gasteiger partial charge in [-0.1, -0.05) is 41.5 Å². The quantitative estimate of drug-likeness (QED) is 0.650. The van der Waals surface area contributed by atoms with Gasteiger partial charge >= 0.3 is 0 Å². The molecule has 144 valence electrons. The first-order valence-electron chi connectivity index (χ1n) is 9.93. The molecule has 1 fully saturated rings. The van der Waals surface area contributed by atoms with Crippen molar-refractivity contribution in [2.24, 2.45) is 0 Å². The summed E-state index contributed by atoms with van der Waals surface area (Å²) < 4.78 is 3.78. The summed E-state index contributed by atoms with van der Waals surface area (Å²) in [6.07, 6.45) is 2.32. The van der Waals surface area contributed by atoms with Crippen LogP contribution >= 0.6 is 15.9 Å². The molecule has 0 aliphatic carbocycles. The van der Waals surface area contributed by atoms with E-state index in [1.807, 2.05) is 0 Å². The van der Waals surface area contributed by atoms with Crippen molar-refractivity contribution in [3.8, 4) is 0 Å². The predicted octanol–water partition coefficient (Wildman–Crippen LogP) is 5.23. The number of rotatable bonds is 5. The first-order valence-corrected chi connectivity index (χ1v) is 12.9. The van der Waals surface area contributed by atoms with Gasteiger partial charge in [-0.25, -0.2) is 4.98 Å². The number of hydrogen-bond acceptors (Lipinski definition) is 3. The first-order chi connectivity index (χ1) is 12.3. The lowest BCUT2D eigenvalue weighted by atomic mass is 10.3. The molecule has 3 rings (SSSR count). The van der Waals surface area contributed by atoms with E-state index >= 15 is 0 Å². The molecule has 0 unspecified atom stereocenters. The number of fused-ring (bicyclic) bond motifs is 1. The zero-order valence-electron chi connectivity index (χ0n) is 17.0. The first kappa shape index (κ1) is 19.9. The Labute approximate surface area is 167 Å². The summed E-state index contributed by atoms with van der Waals surface area (Å²) in [4.78, 5) is 7.61. The molecule has 0 bridgehead atoms. The summed E-state index contributed by atoms with van der Waals surface area (Å²) in [7, 11) is -1.83. The van der Waals surface area contributed by atoms with Gasteiger partial charge in [0.05, 0.1) is 0 Å². The van der Waals surface area contributed by atoms with Crippen molar-refractivity contribution in [2.45, 2.75) is 58.2 Å². The lowest BCUT2D eigenvalue weighted by Crippen LogP contribution is -2.51. The number of piperazine rings is 1. The fourth-order valence-electron chi connectivity index (χ4n) is 5.25. The normalized spacial score (nSPS) is 16.5. The lowest BCUT2D eigenvalue weighted by molar-refractivity contribution is 0.585. The second-order valence-corrected chi connectivity index (χ2v) is 15.1. The minimum absolute atomic E-state index is 0.648. The van der Waals surface area contributed by atoms with E-state index in [4.69, 9.17) is 4.98 Å². The smallest absolute Gasteiger partial charge is 0.171 e. The van der Waals surface area contributed by atoms with Crippen LogP contribution in [0.3, 0.4) is 0 Å².